The minimum Gasteiger partial charge on any atom is -0.494 e. The second-order valence-corrected chi connectivity index (χ2v) is 7.10. The summed E-state index contributed by atoms with van der Waals surface area (Å²) in [4.78, 5) is 12.9. The zero-order chi connectivity index (χ0) is 22.4. The number of amides is 1. The van der Waals surface area contributed by atoms with Crippen molar-refractivity contribution in [2.24, 2.45) is 0 Å². The van der Waals surface area contributed by atoms with Gasteiger partial charge >= 0.3 is 0 Å². The average molecular weight is 415 g/mol. The summed E-state index contributed by atoms with van der Waals surface area (Å²) < 4.78 is 11.4. The highest BCUT2D eigenvalue weighted by atomic mass is 16.5. The maximum absolute atomic E-state index is 12.9. The molecule has 0 aliphatic rings. The summed E-state index contributed by atoms with van der Waals surface area (Å²) in [6, 6.07) is 17.3. The first-order chi connectivity index (χ1) is 15.0. The monoisotopic (exact) mass is 414 g/mol. The normalized spacial score (nSPS) is 11.1. The SMILES string of the molecule is CCOc1ccc2ccc(OCC)c(C=C(C#N)C(=O)Nc3cccc(C)c3C)c2c1. The van der Waals surface area contributed by atoms with Gasteiger partial charge in [0.2, 0.25) is 0 Å². The molecule has 0 unspecified atom stereocenters. The minimum absolute atomic E-state index is 0.00354. The average Bonchev–Trinajstić information content (AvgIpc) is 2.76. The molecule has 5 nitrogen and oxygen atoms in total. The van der Waals surface area contributed by atoms with Crippen molar-refractivity contribution in [3.05, 3.63) is 70.8 Å². The Balaban J connectivity index is 2.09. The van der Waals surface area contributed by atoms with Crippen LogP contribution < -0.4 is 14.8 Å². The summed E-state index contributed by atoms with van der Waals surface area (Å²) in [5.74, 6) is 0.865. The van der Waals surface area contributed by atoms with Gasteiger partial charge in [-0.15, -0.1) is 0 Å². The van der Waals surface area contributed by atoms with Crippen LogP contribution in [0.4, 0.5) is 5.69 Å². The van der Waals surface area contributed by atoms with E-state index in [2.05, 4.69) is 5.32 Å². The Labute approximate surface area is 182 Å². The van der Waals surface area contributed by atoms with Crippen LogP contribution in [-0.4, -0.2) is 19.1 Å². The highest BCUT2D eigenvalue weighted by Crippen LogP contribution is 2.33. The zero-order valence-electron chi connectivity index (χ0n) is 18.3. The number of nitriles is 1. The van der Waals surface area contributed by atoms with Crippen molar-refractivity contribution in [2.45, 2.75) is 27.7 Å². The molecule has 0 radical (unpaired) electrons. The molecule has 0 bridgehead atoms. The molecule has 3 rings (SSSR count). The number of benzene rings is 3. The van der Waals surface area contributed by atoms with Gasteiger partial charge in [0.15, 0.2) is 0 Å². The number of nitrogens with one attached hydrogen (secondary N) is 1. The van der Waals surface area contributed by atoms with Gasteiger partial charge in [-0.05, 0) is 79.9 Å². The molecule has 3 aromatic rings. The van der Waals surface area contributed by atoms with Crippen LogP contribution in [0.15, 0.2) is 54.1 Å². The summed E-state index contributed by atoms with van der Waals surface area (Å²) in [7, 11) is 0. The number of aryl methyl sites for hydroxylation is 1. The van der Waals surface area contributed by atoms with E-state index in [-0.39, 0.29) is 5.57 Å². The van der Waals surface area contributed by atoms with E-state index in [1.54, 1.807) is 6.08 Å². The molecule has 0 fully saturated rings. The van der Waals surface area contributed by atoms with E-state index in [1.165, 1.54) is 0 Å². The van der Waals surface area contributed by atoms with Crippen LogP contribution in [0.2, 0.25) is 0 Å². The molecule has 31 heavy (non-hydrogen) atoms. The third kappa shape index (κ3) is 4.87. The van der Waals surface area contributed by atoms with Crippen molar-refractivity contribution < 1.29 is 14.3 Å². The molecule has 5 heteroatoms. The first-order valence-corrected chi connectivity index (χ1v) is 10.3. The number of anilines is 1. The fraction of sp³-hybridized carbons (Fsp3) is 0.231. The zero-order valence-corrected chi connectivity index (χ0v) is 18.3. The van der Waals surface area contributed by atoms with E-state index in [0.29, 0.717) is 30.2 Å². The second-order valence-electron chi connectivity index (χ2n) is 7.10. The highest BCUT2D eigenvalue weighted by Gasteiger charge is 2.15. The molecule has 0 atom stereocenters. The van der Waals surface area contributed by atoms with Crippen molar-refractivity contribution in [1.82, 2.24) is 0 Å². The summed E-state index contributed by atoms with van der Waals surface area (Å²) >= 11 is 0. The lowest BCUT2D eigenvalue weighted by atomic mass is 10.0. The van der Waals surface area contributed by atoms with Crippen molar-refractivity contribution in [2.75, 3.05) is 18.5 Å². The summed E-state index contributed by atoms with van der Waals surface area (Å²) in [5, 5.41) is 14.4. The van der Waals surface area contributed by atoms with E-state index < -0.39 is 5.91 Å². The molecular formula is C26H26N2O3. The molecule has 1 amide bonds. The number of fused-ring (bicyclic) bond motifs is 1. The maximum Gasteiger partial charge on any atom is 0.266 e. The number of nitrogens with zero attached hydrogens (tertiary/aromatic N) is 1. The third-order valence-corrected chi connectivity index (χ3v) is 5.11. The molecule has 0 spiro atoms. The van der Waals surface area contributed by atoms with Crippen LogP contribution in [-0.2, 0) is 4.79 Å². The van der Waals surface area contributed by atoms with Crippen molar-refractivity contribution >= 4 is 28.4 Å². The van der Waals surface area contributed by atoms with Crippen LogP contribution in [0.1, 0.15) is 30.5 Å². The van der Waals surface area contributed by atoms with Crippen LogP contribution in [0.3, 0.4) is 0 Å². The fourth-order valence-electron chi connectivity index (χ4n) is 3.36. The molecule has 0 saturated carbocycles. The van der Waals surface area contributed by atoms with Crippen LogP contribution in [0.25, 0.3) is 16.8 Å². The quantitative estimate of drug-likeness (QED) is 0.392. The van der Waals surface area contributed by atoms with Crippen molar-refractivity contribution in [1.29, 1.82) is 5.26 Å². The first-order valence-electron chi connectivity index (χ1n) is 10.3. The molecule has 1 N–H and O–H groups in total. The number of ether oxygens (including phenoxy) is 2. The number of hydrogen-bond acceptors (Lipinski definition) is 4. The number of hydrogen-bond donors (Lipinski definition) is 1. The smallest absolute Gasteiger partial charge is 0.266 e. The Morgan fingerprint density at radius 1 is 1.06 bits per heavy atom. The Kier molecular flexibility index (Phi) is 6.94. The van der Waals surface area contributed by atoms with Gasteiger partial charge in [0, 0.05) is 11.3 Å². The topological polar surface area (TPSA) is 71.3 Å². The second kappa shape index (κ2) is 9.82. The molecule has 0 saturated heterocycles. The molecule has 0 aliphatic heterocycles. The van der Waals surface area contributed by atoms with Crippen molar-refractivity contribution in [3.8, 4) is 17.6 Å². The van der Waals surface area contributed by atoms with E-state index in [0.717, 1.165) is 27.6 Å². The largest absolute Gasteiger partial charge is 0.494 e. The maximum atomic E-state index is 12.9. The lowest BCUT2D eigenvalue weighted by Gasteiger charge is -2.13. The number of carbonyl (C=O) groups excluding carboxylic acids is 1. The summed E-state index contributed by atoms with van der Waals surface area (Å²) in [6.07, 6.45) is 1.59. The van der Waals surface area contributed by atoms with Crippen molar-refractivity contribution in [3.63, 3.8) is 0 Å². The number of carbonyl (C=O) groups is 1. The molecule has 0 heterocycles. The van der Waals surface area contributed by atoms with Gasteiger partial charge < -0.3 is 14.8 Å². The highest BCUT2D eigenvalue weighted by molar-refractivity contribution is 6.11. The molecular weight excluding hydrogens is 388 g/mol. The molecule has 3 aromatic carbocycles. The van der Waals surface area contributed by atoms with E-state index in [4.69, 9.17) is 9.47 Å². The summed E-state index contributed by atoms with van der Waals surface area (Å²) in [5.41, 5.74) is 3.39. The Morgan fingerprint density at radius 3 is 2.52 bits per heavy atom. The van der Waals surface area contributed by atoms with Gasteiger partial charge in [0.05, 0.1) is 13.2 Å². The predicted molar refractivity (Wildman–Crippen MR) is 124 cm³/mol. The van der Waals surface area contributed by atoms with Gasteiger partial charge in [-0.2, -0.15) is 5.26 Å². The minimum atomic E-state index is -0.461. The van der Waals surface area contributed by atoms with E-state index >= 15 is 0 Å². The predicted octanol–water partition coefficient (Wildman–Crippen LogP) is 5.80. The van der Waals surface area contributed by atoms with Gasteiger partial charge in [0.25, 0.3) is 5.91 Å². The van der Waals surface area contributed by atoms with Crippen LogP contribution in [0, 0.1) is 25.2 Å². The molecule has 0 aromatic heterocycles. The lowest BCUT2D eigenvalue weighted by molar-refractivity contribution is -0.112. The van der Waals surface area contributed by atoms with Gasteiger partial charge in [0.1, 0.15) is 23.1 Å². The third-order valence-electron chi connectivity index (χ3n) is 5.11. The van der Waals surface area contributed by atoms with Gasteiger partial charge in [-0.1, -0.05) is 24.3 Å². The number of rotatable bonds is 7. The Bertz CT molecular complexity index is 1180. The standard InChI is InChI=1S/C26H26N2O3/c1-5-30-21-12-10-19-11-13-25(31-6-2)23(22(19)15-21)14-20(16-27)26(29)28-24-9-7-8-17(3)18(24)4/h7-15H,5-6H2,1-4H3,(H,28,29). The van der Waals surface area contributed by atoms with E-state index in [9.17, 15) is 10.1 Å². The van der Waals surface area contributed by atoms with Gasteiger partial charge in [-0.25, -0.2) is 0 Å². The van der Waals surface area contributed by atoms with E-state index in [1.807, 2.05) is 82.3 Å². The molecule has 158 valence electrons. The lowest BCUT2D eigenvalue weighted by Crippen LogP contribution is -2.14. The fourth-order valence-corrected chi connectivity index (χ4v) is 3.36. The Morgan fingerprint density at radius 2 is 1.81 bits per heavy atom. The first kappa shape index (κ1) is 21.9. The molecule has 0 aliphatic carbocycles. The summed E-state index contributed by atoms with van der Waals surface area (Å²) in [6.45, 7) is 8.75. The van der Waals surface area contributed by atoms with Crippen LogP contribution in [0.5, 0.6) is 11.5 Å². The van der Waals surface area contributed by atoms with Crippen LogP contribution >= 0.6 is 0 Å². The Hall–Kier alpha value is -3.78. The van der Waals surface area contributed by atoms with Gasteiger partial charge in [-0.3, -0.25) is 4.79 Å².